The van der Waals surface area contributed by atoms with Gasteiger partial charge in [-0.05, 0) is 0 Å². The molecule has 0 spiro atoms. The van der Waals surface area contributed by atoms with E-state index in [1.54, 1.807) is 11.8 Å². The Labute approximate surface area is 59.3 Å². The van der Waals surface area contributed by atoms with Crippen molar-refractivity contribution in [3.63, 3.8) is 0 Å². The molecular formula is C8H7S. The molecule has 0 bridgehead atoms. The Morgan fingerprint density at radius 3 is 3.00 bits per heavy atom. The van der Waals surface area contributed by atoms with E-state index >= 15 is 0 Å². The Hall–Kier alpha value is -0.430. The van der Waals surface area contributed by atoms with E-state index in [0.29, 0.717) is 11.2 Å². The van der Waals surface area contributed by atoms with Gasteiger partial charge in [0.05, 0.1) is 0 Å². The van der Waals surface area contributed by atoms with E-state index in [0.717, 1.165) is 0 Å². The van der Waals surface area contributed by atoms with Crippen LogP contribution in [0.25, 0.3) is 0 Å². The van der Waals surface area contributed by atoms with Crippen molar-refractivity contribution in [3.8, 4) is 0 Å². The Bertz CT molecular complexity index is 189. The van der Waals surface area contributed by atoms with Gasteiger partial charge in [-0.2, -0.15) is 0 Å². The van der Waals surface area contributed by atoms with Crippen molar-refractivity contribution >= 4 is 11.8 Å². The van der Waals surface area contributed by atoms with Crippen LogP contribution in [-0.4, -0.2) is 5.25 Å². The third-order valence-electron chi connectivity index (χ3n) is 1.59. The van der Waals surface area contributed by atoms with Gasteiger partial charge in [-0.15, -0.1) is 11.8 Å². The zero-order valence-corrected chi connectivity index (χ0v) is 5.77. The van der Waals surface area contributed by atoms with Crippen molar-refractivity contribution in [2.75, 3.05) is 0 Å². The Morgan fingerprint density at radius 2 is 2.11 bits per heavy atom. The van der Waals surface area contributed by atoms with Gasteiger partial charge in [0.1, 0.15) is 0 Å². The summed E-state index contributed by atoms with van der Waals surface area (Å²) in [7, 11) is 0. The van der Waals surface area contributed by atoms with Crippen molar-refractivity contribution in [3.05, 3.63) is 35.8 Å². The SMILES string of the molecule is [C]1=CC2C=CC=CC2S1. The third-order valence-corrected chi connectivity index (χ3v) is 2.60. The highest BCUT2D eigenvalue weighted by molar-refractivity contribution is 8.01. The molecule has 0 amide bonds. The molecule has 1 heterocycles. The number of fused-ring (bicyclic) bond motifs is 1. The van der Waals surface area contributed by atoms with E-state index < -0.39 is 0 Å². The van der Waals surface area contributed by atoms with Gasteiger partial charge in [-0.25, -0.2) is 0 Å². The Balaban J connectivity index is 2.25. The molecule has 9 heavy (non-hydrogen) atoms. The van der Waals surface area contributed by atoms with E-state index in [9.17, 15) is 0 Å². The first-order valence-corrected chi connectivity index (χ1v) is 3.94. The minimum atomic E-state index is 0.625. The molecule has 0 aromatic rings. The maximum atomic E-state index is 3.15. The summed E-state index contributed by atoms with van der Waals surface area (Å²) in [5, 5.41) is 3.80. The summed E-state index contributed by atoms with van der Waals surface area (Å²) >= 11 is 1.78. The number of hydrogen-bond donors (Lipinski definition) is 0. The molecule has 0 saturated carbocycles. The molecule has 1 heteroatoms. The summed E-state index contributed by atoms with van der Waals surface area (Å²) in [5.74, 6) is 0.625. The molecule has 2 atom stereocenters. The molecule has 2 unspecified atom stereocenters. The second-order valence-electron chi connectivity index (χ2n) is 2.21. The van der Waals surface area contributed by atoms with Crippen LogP contribution in [0.4, 0.5) is 0 Å². The summed E-state index contributed by atoms with van der Waals surface area (Å²) in [6.45, 7) is 0. The average Bonchev–Trinajstić information content (AvgIpc) is 2.33. The fourth-order valence-corrected chi connectivity index (χ4v) is 1.96. The number of thioether (sulfide) groups is 1. The molecular weight excluding hydrogens is 128 g/mol. The second-order valence-corrected chi connectivity index (χ2v) is 3.23. The predicted octanol–water partition coefficient (Wildman–Crippen LogP) is 2.16. The second kappa shape index (κ2) is 2.07. The van der Waals surface area contributed by atoms with Gasteiger partial charge in [0.2, 0.25) is 0 Å². The van der Waals surface area contributed by atoms with Crippen molar-refractivity contribution in [1.29, 1.82) is 0 Å². The monoisotopic (exact) mass is 135 g/mol. The van der Waals surface area contributed by atoms with Crippen LogP contribution in [0, 0.1) is 11.3 Å². The van der Waals surface area contributed by atoms with Gasteiger partial charge in [0.15, 0.2) is 0 Å². The lowest BCUT2D eigenvalue weighted by molar-refractivity contribution is 0.856. The fraction of sp³-hybridized carbons (Fsp3) is 0.250. The van der Waals surface area contributed by atoms with Gasteiger partial charge >= 0.3 is 0 Å². The topological polar surface area (TPSA) is 0 Å². The lowest BCUT2D eigenvalue weighted by atomic mass is 10.0. The lowest BCUT2D eigenvalue weighted by Gasteiger charge is -2.12. The average molecular weight is 135 g/mol. The van der Waals surface area contributed by atoms with Crippen LogP contribution in [0.5, 0.6) is 0 Å². The first-order chi connectivity index (χ1) is 4.47. The van der Waals surface area contributed by atoms with Crippen LogP contribution in [-0.2, 0) is 0 Å². The van der Waals surface area contributed by atoms with E-state index in [1.807, 2.05) is 0 Å². The van der Waals surface area contributed by atoms with Crippen molar-refractivity contribution in [2.24, 2.45) is 5.92 Å². The minimum absolute atomic E-state index is 0.625. The van der Waals surface area contributed by atoms with Gasteiger partial charge in [-0.1, -0.05) is 30.4 Å². The van der Waals surface area contributed by atoms with Crippen molar-refractivity contribution in [2.45, 2.75) is 5.25 Å². The summed E-state index contributed by atoms with van der Waals surface area (Å²) in [6.07, 6.45) is 10.8. The first-order valence-electron chi connectivity index (χ1n) is 3.06. The molecule has 2 rings (SSSR count). The molecule has 0 N–H and O–H groups in total. The summed E-state index contributed by atoms with van der Waals surface area (Å²) in [6, 6.07) is 0. The zero-order valence-electron chi connectivity index (χ0n) is 4.95. The molecule has 1 aliphatic heterocycles. The highest BCUT2D eigenvalue weighted by Gasteiger charge is 2.19. The van der Waals surface area contributed by atoms with E-state index in [-0.39, 0.29) is 0 Å². The van der Waals surface area contributed by atoms with E-state index in [1.165, 1.54) is 0 Å². The van der Waals surface area contributed by atoms with Crippen molar-refractivity contribution in [1.82, 2.24) is 0 Å². The van der Waals surface area contributed by atoms with Gasteiger partial charge < -0.3 is 0 Å². The lowest BCUT2D eigenvalue weighted by Crippen LogP contribution is -2.07. The molecule has 1 radical (unpaired) electrons. The first kappa shape index (κ1) is 5.36. The van der Waals surface area contributed by atoms with Crippen LogP contribution in [0.15, 0.2) is 30.4 Å². The van der Waals surface area contributed by atoms with Gasteiger partial charge in [0, 0.05) is 16.6 Å². The van der Waals surface area contributed by atoms with E-state index in [4.69, 9.17) is 0 Å². The van der Waals surface area contributed by atoms with Crippen LogP contribution >= 0.6 is 11.8 Å². The van der Waals surface area contributed by atoms with Crippen LogP contribution < -0.4 is 0 Å². The summed E-state index contributed by atoms with van der Waals surface area (Å²) < 4.78 is 0. The molecule has 1 aliphatic carbocycles. The summed E-state index contributed by atoms with van der Waals surface area (Å²) in [5.41, 5.74) is 0. The number of hydrogen-bond acceptors (Lipinski definition) is 1. The van der Waals surface area contributed by atoms with Crippen molar-refractivity contribution < 1.29 is 0 Å². The zero-order chi connectivity index (χ0) is 6.10. The molecule has 45 valence electrons. The smallest absolute Gasteiger partial charge is 0.0375 e. The maximum absolute atomic E-state index is 3.15. The number of rotatable bonds is 0. The quantitative estimate of drug-likeness (QED) is 0.490. The van der Waals surface area contributed by atoms with Gasteiger partial charge in [-0.3, -0.25) is 0 Å². The molecule has 0 aromatic heterocycles. The largest absolute Gasteiger partial charge is 0.117 e. The standard InChI is InChI=1S/C8H7S/c1-2-4-8-7(3-1)5-6-9-8/h1-5,7-8H. The fourth-order valence-electron chi connectivity index (χ4n) is 1.07. The minimum Gasteiger partial charge on any atom is -0.117 e. The highest BCUT2D eigenvalue weighted by atomic mass is 32.2. The third kappa shape index (κ3) is 0.855. The Morgan fingerprint density at radius 1 is 1.22 bits per heavy atom. The van der Waals surface area contributed by atoms with Crippen LogP contribution in [0.3, 0.4) is 0 Å². The maximum Gasteiger partial charge on any atom is 0.0375 e. The van der Waals surface area contributed by atoms with Crippen LogP contribution in [0.1, 0.15) is 0 Å². The molecule has 0 saturated heterocycles. The Kier molecular flexibility index (Phi) is 1.23. The number of allylic oxidation sites excluding steroid dienone is 4. The summed E-state index contributed by atoms with van der Waals surface area (Å²) in [4.78, 5) is 0. The molecule has 0 aromatic carbocycles. The normalized spacial score (nSPS) is 37.3. The van der Waals surface area contributed by atoms with Gasteiger partial charge in [0.25, 0.3) is 0 Å². The molecule has 0 nitrogen and oxygen atoms in total. The molecule has 0 fully saturated rings. The molecule has 2 aliphatic rings. The van der Waals surface area contributed by atoms with E-state index in [2.05, 4.69) is 35.8 Å². The highest BCUT2D eigenvalue weighted by Crippen LogP contribution is 2.32. The predicted molar refractivity (Wildman–Crippen MR) is 41.0 cm³/mol. The van der Waals surface area contributed by atoms with Crippen LogP contribution in [0.2, 0.25) is 0 Å².